The lowest BCUT2D eigenvalue weighted by molar-refractivity contribution is 0.416. The molecule has 0 bridgehead atoms. The van der Waals surface area contributed by atoms with Gasteiger partial charge in [0, 0.05) is 34.8 Å². The maximum absolute atomic E-state index is 5.71. The Morgan fingerprint density at radius 1 is 1.19 bits per heavy atom. The van der Waals surface area contributed by atoms with E-state index in [1.807, 2.05) is 43.5 Å². The number of benzene rings is 1. The first-order valence-electron chi connectivity index (χ1n) is 5.07. The van der Waals surface area contributed by atoms with Gasteiger partial charge in [-0.25, -0.2) is 0 Å². The minimum atomic E-state index is 0.695. The Labute approximate surface area is 94.9 Å². The third-order valence-electron chi connectivity index (χ3n) is 2.45. The summed E-state index contributed by atoms with van der Waals surface area (Å²) in [6.07, 6.45) is 1.84. The zero-order valence-electron chi connectivity index (χ0n) is 9.40. The summed E-state index contributed by atoms with van der Waals surface area (Å²) in [5.74, 6) is 0.769. The summed E-state index contributed by atoms with van der Waals surface area (Å²) in [6.45, 7) is 1.96. The van der Waals surface area contributed by atoms with Crippen LogP contribution in [0.4, 0.5) is 5.69 Å². The zero-order chi connectivity index (χ0) is 11.5. The molecule has 82 valence electrons. The molecule has 0 saturated carbocycles. The molecule has 0 aliphatic carbocycles. The van der Waals surface area contributed by atoms with Crippen LogP contribution in [0.3, 0.4) is 0 Å². The van der Waals surface area contributed by atoms with E-state index in [9.17, 15) is 0 Å². The smallest absolute Gasteiger partial charge is 0.128 e. The summed E-state index contributed by atoms with van der Waals surface area (Å²) < 4.78 is 5.30. The number of aromatic nitrogens is 1. The summed E-state index contributed by atoms with van der Waals surface area (Å²) in [5, 5.41) is 0. The van der Waals surface area contributed by atoms with E-state index in [0.29, 0.717) is 5.69 Å². The number of nitrogens with two attached hydrogens (primary N) is 1. The van der Waals surface area contributed by atoms with Crippen molar-refractivity contribution in [3.63, 3.8) is 0 Å². The van der Waals surface area contributed by atoms with Gasteiger partial charge in [-0.1, -0.05) is 6.07 Å². The van der Waals surface area contributed by atoms with Crippen LogP contribution in [-0.2, 0) is 0 Å². The highest BCUT2D eigenvalue weighted by atomic mass is 16.5. The van der Waals surface area contributed by atoms with Crippen LogP contribution in [0.25, 0.3) is 11.1 Å². The maximum Gasteiger partial charge on any atom is 0.128 e. The molecule has 1 heterocycles. The highest BCUT2D eigenvalue weighted by molar-refractivity contribution is 5.72. The fourth-order valence-electron chi connectivity index (χ4n) is 1.57. The zero-order valence-corrected chi connectivity index (χ0v) is 9.40. The SMILES string of the molecule is COc1cc(N)ccc1-c1ccc(C)nc1. The average molecular weight is 214 g/mol. The Bertz CT molecular complexity index is 492. The molecular formula is C13H14N2O. The molecule has 0 fully saturated rings. The molecule has 2 N–H and O–H groups in total. The number of pyridine rings is 1. The van der Waals surface area contributed by atoms with Crippen LogP contribution in [0.1, 0.15) is 5.69 Å². The third-order valence-corrected chi connectivity index (χ3v) is 2.45. The highest BCUT2D eigenvalue weighted by Gasteiger charge is 2.05. The average Bonchev–Trinajstić information content (AvgIpc) is 2.30. The van der Waals surface area contributed by atoms with Gasteiger partial charge in [0.15, 0.2) is 0 Å². The van der Waals surface area contributed by atoms with Crippen molar-refractivity contribution < 1.29 is 4.74 Å². The molecule has 0 unspecified atom stereocenters. The highest BCUT2D eigenvalue weighted by Crippen LogP contribution is 2.31. The van der Waals surface area contributed by atoms with Gasteiger partial charge in [0.05, 0.1) is 7.11 Å². The van der Waals surface area contributed by atoms with Gasteiger partial charge < -0.3 is 10.5 Å². The van der Waals surface area contributed by atoms with Gasteiger partial charge in [-0.15, -0.1) is 0 Å². The van der Waals surface area contributed by atoms with E-state index >= 15 is 0 Å². The van der Waals surface area contributed by atoms with Crippen LogP contribution in [-0.4, -0.2) is 12.1 Å². The Balaban J connectivity index is 2.51. The first-order chi connectivity index (χ1) is 7.70. The van der Waals surface area contributed by atoms with E-state index in [4.69, 9.17) is 10.5 Å². The molecule has 0 aliphatic rings. The first kappa shape index (κ1) is 10.5. The minimum absolute atomic E-state index is 0.695. The molecular weight excluding hydrogens is 200 g/mol. The van der Waals surface area contributed by atoms with Crippen molar-refractivity contribution in [1.29, 1.82) is 0 Å². The Morgan fingerprint density at radius 3 is 2.62 bits per heavy atom. The van der Waals surface area contributed by atoms with Crippen molar-refractivity contribution in [1.82, 2.24) is 4.98 Å². The molecule has 0 atom stereocenters. The lowest BCUT2D eigenvalue weighted by Gasteiger charge is -2.09. The fraction of sp³-hybridized carbons (Fsp3) is 0.154. The van der Waals surface area contributed by atoms with Gasteiger partial charge >= 0.3 is 0 Å². The molecule has 0 spiro atoms. The Hall–Kier alpha value is -2.03. The van der Waals surface area contributed by atoms with Crippen molar-refractivity contribution in [2.45, 2.75) is 6.92 Å². The van der Waals surface area contributed by atoms with Gasteiger partial charge in [-0.2, -0.15) is 0 Å². The van der Waals surface area contributed by atoms with Crippen molar-refractivity contribution in [3.8, 4) is 16.9 Å². The van der Waals surface area contributed by atoms with E-state index in [1.54, 1.807) is 7.11 Å². The quantitative estimate of drug-likeness (QED) is 0.782. The summed E-state index contributed by atoms with van der Waals surface area (Å²) in [7, 11) is 1.64. The molecule has 3 nitrogen and oxygen atoms in total. The van der Waals surface area contributed by atoms with Crippen molar-refractivity contribution in [3.05, 3.63) is 42.2 Å². The number of hydrogen-bond donors (Lipinski definition) is 1. The lowest BCUT2D eigenvalue weighted by Crippen LogP contribution is -1.92. The second-order valence-electron chi connectivity index (χ2n) is 3.65. The lowest BCUT2D eigenvalue weighted by atomic mass is 10.1. The van der Waals surface area contributed by atoms with Crippen molar-refractivity contribution >= 4 is 5.69 Å². The van der Waals surface area contributed by atoms with Gasteiger partial charge in [-0.05, 0) is 25.1 Å². The summed E-state index contributed by atoms with van der Waals surface area (Å²) >= 11 is 0. The molecule has 3 heteroatoms. The third kappa shape index (κ3) is 1.98. The standard InChI is InChI=1S/C13H14N2O/c1-9-3-4-10(8-15-9)12-6-5-11(14)7-13(12)16-2/h3-8H,14H2,1-2H3. The number of nitrogens with zero attached hydrogens (tertiary/aromatic N) is 1. The van der Waals surface area contributed by atoms with Crippen LogP contribution < -0.4 is 10.5 Å². The Kier molecular flexibility index (Phi) is 2.77. The van der Waals surface area contributed by atoms with Gasteiger partial charge in [0.1, 0.15) is 5.75 Å². The van der Waals surface area contributed by atoms with Crippen LogP contribution in [0, 0.1) is 6.92 Å². The second kappa shape index (κ2) is 4.23. The molecule has 0 amide bonds. The number of rotatable bonds is 2. The largest absolute Gasteiger partial charge is 0.496 e. The molecule has 0 aliphatic heterocycles. The number of anilines is 1. The summed E-state index contributed by atoms with van der Waals surface area (Å²) in [6, 6.07) is 9.62. The maximum atomic E-state index is 5.71. The molecule has 2 rings (SSSR count). The summed E-state index contributed by atoms with van der Waals surface area (Å²) in [4.78, 5) is 4.27. The summed E-state index contributed by atoms with van der Waals surface area (Å²) in [5.41, 5.74) is 9.44. The minimum Gasteiger partial charge on any atom is -0.496 e. The Morgan fingerprint density at radius 2 is 2.00 bits per heavy atom. The fourth-order valence-corrected chi connectivity index (χ4v) is 1.57. The molecule has 1 aromatic heterocycles. The molecule has 16 heavy (non-hydrogen) atoms. The van der Waals surface area contributed by atoms with Gasteiger partial charge in [-0.3, -0.25) is 4.98 Å². The van der Waals surface area contributed by atoms with E-state index in [1.165, 1.54) is 0 Å². The number of nitrogen functional groups attached to an aromatic ring is 1. The van der Waals surface area contributed by atoms with E-state index in [0.717, 1.165) is 22.6 Å². The number of ether oxygens (including phenoxy) is 1. The topological polar surface area (TPSA) is 48.1 Å². The molecule has 2 aromatic rings. The first-order valence-corrected chi connectivity index (χ1v) is 5.07. The second-order valence-corrected chi connectivity index (χ2v) is 3.65. The predicted molar refractivity (Wildman–Crippen MR) is 65.4 cm³/mol. The number of aryl methyl sites for hydroxylation is 1. The van der Waals surface area contributed by atoms with E-state index in [-0.39, 0.29) is 0 Å². The van der Waals surface area contributed by atoms with Crippen LogP contribution >= 0.6 is 0 Å². The normalized spacial score (nSPS) is 10.1. The van der Waals surface area contributed by atoms with Crippen molar-refractivity contribution in [2.75, 3.05) is 12.8 Å². The van der Waals surface area contributed by atoms with Gasteiger partial charge in [0.25, 0.3) is 0 Å². The molecule has 0 saturated heterocycles. The van der Waals surface area contributed by atoms with Crippen LogP contribution in [0.5, 0.6) is 5.75 Å². The van der Waals surface area contributed by atoms with Gasteiger partial charge in [0.2, 0.25) is 0 Å². The molecule has 0 radical (unpaired) electrons. The van der Waals surface area contributed by atoms with Crippen LogP contribution in [0.15, 0.2) is 36.5 Å². The number of methoxy groups -OCH3 is 1. The molecule has 1 aromatic carbocycles. The monoisotopic (exact) mass is 214 g/mol. The predicted octanol–water partition coefficient (Wildman–Crippen LogP) is 2.65. The van der Waals surface area contributed by atoms with E-state index in [2.05, 4.69) is 4.98 Å². The van der Waals surface area contributed by atoms with E-state index < -0.39 is 0 Å². The number of hydrogen-bond acceptors (Lipinski definition) is 3. The van der Waals surface area contributed by atoms with Crippen molar-refractivity contribution in [2.24, 2.45) is 0 Å². The van der Waals surface area contributed by atoms with Crippen LogP contribution in [0.2, 0.25) is 0 Å².